The summed E-state index contributed by atoms with van der Waals surface area (Å²) in [6.45, 7) is 4.32. The summed E-state index contributed by atoms with van der Waals surface area (Å²) < 4.78 is 0.860. The normalized spacial score (nSPS) is 23.9. The Kier molecular flexibility index (Phi) is 3.85. The molecule has 0 aliphatic carbocycles. The molecular weight excluding hydrogens is 320 g/mol. The van der Waals surface area contributed by atoms with Crippen molar-refractivity contribution in [1.29, 1.82) is 0 Å². The van der Waals surface area contributed by atoms with Gasteiger partial charge in [0.25, 0.3) is 0 Å². The summed E-state index contributed by atoms with van der Waals surface area (Å²) in [4.78, 5) is 4.92. The first-order valence-electron chi connectivity index (χ1n) is 6.96. The SMILES string of the molecule is N/C(=N/O)c1c(Br)cccc1N1CCN2CCCC2C1. The van der Waals surface area contributed by atoms with E-state index in [4.69, 9.17) is 10.9 Å². The van der Waals surface area contributed by atoms with Gasteiger partial charge in [-0.05, 0) is 47.4 Å². The van der Waals surface area contributed by atoms with Gasteiger partial charge in [0.05, 0.1) is 5.56 Å². The molecule has 3 rings (SSSR count). The van der Waals surface area contributed by atoms with E-state index in [1.807, 2.05) is 18.2 Å². The lowest BCUT2D eigenvalue weighted by Gasteiger charge is -2.39. The Morgan fingerprint density at radius 3 is 3.00 bits per heavy atom. The number of fused-ring (bicyclic) bond motifs is 1. The zero-order valence-corrected chi connectivity index (χ0v) is 12.9. The Morgan fingerprint density at radius 1 is 1.35 bits per heavy atom. The molecule has 2 fully saturated rings. The molecule has 2 aliphatic heterocycles. The van der Waals surface area contributed by atoms with Crippen LogP contribution < -0.4 is 10.6 Å². The van der Waals surface area contributed by atoms with Crippen molar-refractivity contribution in [1.82, 2.24) is 4.90 Å². The number of amidine groups is 1. The third-order valence-electron chi connectivity index (χ3n) is 4.28. The van der Waals surface area contributed by atoms with Crippen molar-refractivity contribution in [3.8, 4) is 0 Å². The van der Waals surface area contributed by atoms with Crippen LogP contribution in [0.25, 0.3) is 0 Å². The molecule has 0 saturated carbocycles. The molecule has 0 radical (unpaired) electrons. The molecule has 1 aromatic carbocycles. The van der Waals surface area contributed by atoms with Gasteiger partial charge in [0.2, 0.25) is 0 Å². The van der Waals surface area contributed by atoms with Crippen LogP contribution >= 0.6 is 15.9 Å². The minimum absolute atomic E-state index is 0.154. The van der Waals surface area contributed by atoms with Crippen LogP contribution in [0.3, 0.4) is 0 Å². The van der Waals surface area contributed by atoms with Crippen molar-refractivity contribution < 1.29 is 5.21 Å². The van der Waals surface area contributed by atoms with E-state index in [-0.39, 0.29) is 5.84 Å². The molecule has 2 aliphatic rings. The first kappa shape index (κ1) is 13.7. The van der Waals surface area contributed by atoms with E-state index in [1.165, 1.54) is 19.4 Å². The summed E-state index contributed by atoms with van der Waals surface area (Å²) in [5.74, 6) is 0.154. The minimum atomic E-state index is 0.154. The van der Waals surface area contributed by atoms with Crippen LogP contribution in [0.4, 0.5) is 5.69 Å². The second kappa shape index (κ2) is 5.61. The average molecular weight is 339 g/mol. The van der Waals surface area contributed by atoms with Gasteiger partial charge < -0.3 is 15.8 Å². The summed E-state index contributed by atoms with van der Waals surface area (Å²) in [5, 5.41) is 12.2. The van der Waals surface area contributed by atoms with Crippen LogP contribution in [0.1, 0.15) is 18.4 Å². The van der Waals surface area contributed by atoms with E-state index in [1.54, 1.807) is 0 Å². The fourth-order valence-electron chi connectivity index (χ4n) is 3.29. The van der Waals surface area contributed by atoms with Crippen molar-refractivity contribution in [2.45, 2.75) is 18.9 Å². The number of hydrogen-bond acceptors (Lipinski definition) is 4. The van der Waals surface area contributed by atoms with E-state index >= 15 is 0 Å². The fraction of sp³-hybridized carbons (Fsp3) is 0.500. The summed E-state index contributed by atoms with van der Waals surface area (Å²) in [7, 11) is 0. The van der Waals surface area contributed by atoms with E-state index < -0.39 is 0 Å². The van der Waals surface area contributed by atoms with Gasteiger partial charge in [-0.3, -0.25) is 4.90 Å². The molecule has 20 heavy (non-hydrogen) atoms. The second-order valence-corrected chi connectivity index (χ2v) is 6.25. The smallest absolute Gasteiger partial charge is 0.173 e. The monoisotopic (exact) mass is 338 g/mol. The third-order valence-corrected chi connectivity index (χ3v) is 4.94. The number of halogens is 1. The maximum absolute atomic E-state index is 9.00. The van der Waals surface area contributed by atoms with Crippen LogP contribution in [-0.4, -0.2) is 48.2 Å². The average Bonchev–Trinajstić information content (AvgIpc) is 2.93. The molecule has 1 aromatic rings. The van der Waals surface area contributed by atoms with E-state index in [2.05, 4.69) is 30.9 Å². The minimum Gasteiger partial charge on any atom is -0.409 e. The number of benzene rings is 1. The zero-order chi connectivity index (χ0) is 14.1. The van der Waals surface area contributed by atoms with Gasteiger partial charge in [-0.25, -0.2) is 0 Å². The highest BCUT2D eigenvalue weighted by Crippen LogP contribution is 2.31. The maximum atomic E-state index is 9.00. The lowest BCUT2D eigenvalue weighted by Crippen LogP contribution is -2.50. The van der Waals surface area contributed by atoms with E-state index in [0.29, 0.717) is 6.04 Å². The van der Waals surface area contributed by atoms with Gasteiger partial charge in [0, 0.05) is 35.8 Å². The Labute approximate surface area is 127 Å². The highest BCUT2D eigenvalue weighted by Gasteiger charge is 2.31. The van der Waals surface area contributed by atoms with Crippen LogP contribution in [0.2, 0.25) is 0 Å². The Balaban J connectivity index is 1.92. The van der Waals surface area contributed by atoms with Crippen molar-refractivity contribution in [2.75, 3.05) is 31.1 Å². The van der Waals surface area contributed by atoms with Crippen molar-refractivity contribution >= 4 is 27.5 Å². The van der Waals surface area contributed by atoms with Crippen molar-refractivity contribution in [3.63, 3.8) is 0 Å². The van der Waals surface area contributed by atoms with E-state index in [0.717, 1.165) is 35.4 Å². The van der Waals surface area contributed by atoms with Crippen LogP contribution in [0.5, 0.6) is 0 Å². The maximum Gasteiger partial charge on any atom is 0.173 e. The predicted octanol–water partition coefficient (Wildman–Crippen LogP) is 1.83. The number of nitrogens with two attached hydrogens (primary N) is 1. The Hall–Kier alpha value is -1.27. The van der Waals surface area contributed by atoms with Crippen LogP contribution in [0.15, 0.2) is 27.8 Å². The van der Waals surface area contributed by atoms with Crippen LogP contribution in [0, 0.1) is 0 Å². The lowest BCUT2D eigenvalue weighted by atomic mass is 10.1. The van der Waals surface area contributed by atoms with Gasteiger partial charge >= 0.3 is 0 Å². The van der Waals surface area contributed by atoms with Crippen molar-refractivity contribution in [2.24, 2.45) is 10.9 Å². The zero-order valence-electron chi connectivity index (χ0n) is 11.3. The molecular formula is C14H19BrN4O. The molecule has 0 spiro atoms. The van der Waals surface area contributed by atoms with Gasteiger partial charge in [0.1, 0.15) is 0 Å². The Bertz CT molecular complexity index is 534. The summed E-state index contributed by atoms with van der Waals surface area (Å²) >= 11 is 3.50. The molecule has 5 nitrogen and oxygen atoms in total. The molecule has 0 aromatic heterocycles. The molecule has 0 amide bonds. The first-order valence-corrected chi connectivity index (χ1v) is 7.75. The highest BCUT2D eigenvalue weighted by atomic mass is 79.9. The van der Waals surface area contributed by atoms with E-state index in [9.17, 15) is 0 Å². The number of oxime groups is 1. The number of nitrogens with zero attached hydrogens (tertiary/aromatic N) is 3. The fourth-order valence-corrected chi connectivity index (χ4v) is 3.85. The molecule has 6 heteroatoms. The number of piperazine rings is 1. The second-order valence-electron chi connectivity index (χ2n) is 5.40. The quantitative estimate of drug-likeness (QED) is 0.373. The molecule has 108 valence electrons. The predicted molar refractivity (Wildman–Crippen MR) is 83.5 cm³/mol. The number of hydrogen-bond donors (Lipinski definition) is 2. The molecule has 0 bridgehead atoms. The van der Waals surface area contributed by atoms with Gasteiger partial charge in [-0.15, -0.1) is 0 Å². The van der Waals surface area contributed by atoms with Crippen LogP contribution in [-0.2, 0) is 0 Å². The standard InChI is InChI=1S/C14H19BrN4O/c15-11-4-1-5-12(13(11)14(16)17-20)19-8-7-18-6-2-3-10(18)9-19/h1,4-5,10,20H,2-3,6-9H2,(H2,16,17). The summed E-state index contributed by atoms with van der Waals surface area (Å²) in [6.07, 6.45) is 2.56. The highest BCUT2D eigenvalue weighted by molar-refractivity contribution is 9.10. The Morgan fingerprint density at radius 2 is 2.20 bits per heavy atom. The van der Waals surface area contributed by atoms with Gasteiger partial charge in [0.15, 0.2) is 5.84 Å². The summed E-state index contributed by atoms with van der Waals surface area (Å²) in [5.41, 5.74) is 7.66. The topological polar surface area (TPSA) is 65.1 Å². The van der Waals surface area contributed by atoms with Gasteiger partial charge in [-0.1, -0.05) is 11.2 Å². The lowest BCUT2D eigenvalue weighted by molar-refractivity contribution is 0.231. The number of anilines is 1. The third kappa shape index (κ3) is 2.38. The molecule has 1 unspecified atom stereocenters. The molecule has 3 N–H and O–H groups in total. The molecule has 2 heterocycles. The van der Waals surface area contributed by atoms with Crippen molar-refractivity contribution in [3.05, 3.63) is 28.2 Å². The largest absolute Gasteiger partial charge is 0.409 e. The first-order chi connectivity index (χ1) is 9.70. The molecule has 2 saturated heterocycles. The van der Waals surface area contributed by atoms with Gasteiger partial charge in [-0.2, -0.15) is 0 Å². The summed E-state index contributed by atoms with van der Waals surface area (Å²) in [6, 6.07) is 6.60. The number of rotatable bonds is 2. The molecule has 1 atom stereocenters.